The van der Waals surface area contributed by atoms with Crippen LogP contribution in [0.15, 0.2) is 42.5 Å². The van der Waals surface area contributed by atoms with Gasteiger partial charge in [-0.15, -0.1) is 0 Å². The van der Waals surface area contributed by atoms with Gasteiger partial charge in [0.05, 0.1) is 0 Å². The molecule has 2 aromatic carbocycles. The minimum Gasteiger partial charge on any atom is -0.290 e. The van der Waals surface area contributed by atoms with Gasteiger partial charge < -0.3 is 0 Å². The molecule has 1 nitrogen and oxygen atoms in total. The van der Waals surface area contributed by atoms with Crippen LogP contribution >= 0.6 is 0 Å². The standard InChI is InChI=1S/C10H7O.K.H/c11-10-6-5-8-3-1-2-4-9(8)7-10;;/h1-7H;;. The molecule has 2 aromatic rings. The first-order valence-corrected chi connectivity index (χ1v) is 3.52. The summed E-state index contributed by atoms with van der Waals surface area (Å²) in [6, 6.07) is 12.9. The first-order chi connectivity index (χ1) is 5.36. The molecule has 1 radical (unpaired) electrons. The third-order valence-corrected chi connectivity index (χ3v) is 1.72. The van der Waals surface area contributed by atoms with Crippen LogP contribution < -0.4 is 0 Å². The Labute approximate surface area is 114 Å². The second-order valence-corrected chi connectivity index (χ2v) is 2.51. The van der Waals surface area contributed by atoms with E-state index in [1.165, 1.54) is 0 Å². The molecule has 0 saturated carbocycles. The van der Waals surface area contributed by atoms with Crippen LogP contribution in [0, 0.1) is 0 Å². The first-order valence-electron chi connectivity index (χ1n) is 3.52. The van der Waals surface area contributed by atoms with E-state index in [1.807, 2.05) is 30.3 Å². The SMILES string of the molecule is [KH].[O]c1ccc2ccccc2c1. The van der Waals surface area contributed by atoms with Crippen LogP contribution in [-0.4, -0.2) is 51.4 Å². The van der Waals surface area contributed by atoms with Crippen LogP contribution in [-0.2, 0) is 5.11 Å². The molecule has 0 spiro atoms. The smallest absolute Gasteiger partial charge is 0.179 e. The van der Waals surface area contributed by atoms with Crippen molar-refractivity contribution in [1.29, 1.82) is 0 Å². The van der Waals surface area contributed by atoms with E-state index in [9.17, 15) is 5.11 Å². The summed E-state index contributed by atoms with van der Waals surface area (Å²) >= 11 is 0. The number of fused-ring (bicyclic) bond motifs is 1. The molecule has 0 unspecified atom stereocenters. The van der Waals surface area contributed by atoms with E-state index in [0.29, 0.717) is 0 Å². The number of hydrogen-bond acceptors (Lipinski definition) is 0. The quantitative estimate of drug-likeness (QED) is 0.559. The van der Waals surface area contributed by atoms with Gasteiger partial charge in [-0.3, -0.25) is 5.11 Å². The van der Waals surface area contributed by atoms with Crippen LogP contribution in [0.5, 0.6) is 5.75 Å². The summed E-state index contributed by atoms with van der Waals surface area (Å²) in [6.07, 6.45) is 0. The third kappa shape index (κ3) is 2.09. The summed E-state index contributed by atoms with van der Waals surface area (Å²) < 4.78 is 0. The summed E-state index contributed by atoms with van der Waals surface area (Å²) in [7, 11) is 0. The second kappa shape index (κ2) is 4.39. The van der Waals surface area contributed by atoms with E-state index in [-0.39, 0.29) is 57.1 Å². The second-order valence-electron chi connectivity index (χ2n) is 2.51. The molecule has 12 heavy (non-hydrogen) atoms. The van der Waals surface area contributed by atoms with Crippen molar-refractivity contribution >= 4 is 62.2 Å². The molecule has 0 aromatic heterocycles. The van der Waals surface area contributed by atoms with Crippen LogP contribution in [0.4, 0.5) is 0 Å². The number of benzene rings is 2. The average molecular weight is 183 g/mol. The normalized spacial score (nSPS) is 9.33. The molecular weight excluding hydrogens is 175 g/mol. The molecular formula is C10H8KO. The van der Waals surface area contributed by atoms with Gasteiger partial charge >= 0.3 is 51.4 Å². The zero-order chi connectivity index (χ0) is 7.68. The fraction of sp³-hybridized carbons (Fsp3) is 0. The van der Waals surface area contributed by atoms with Crippen molar-refractivity contribution < 1.29 is 5.11 Å². The maximum atomic E-state index is 10.9. The molecule has 0 bridgehead atoms. The Hall–Kier alpha value is 0.136. The first kappa shape index (κ1) is 10.2. The van der Waals surface area contributed by atoms with Gasteiger partial charge in [0, 0.05) is 0 Å². The Morgan fingerprint density at radius 3 is 2.25 bits per heavy atom. The molecule has 0 aliphatic carbocycles. The van der Waals surface area contributed by atoms with Gasteiger partial charge in [0.1, 0.15) is 0 Å². The summed E-state index contributed by atoms with van der Waals surface area (Å²) in [5.74, 6) is 0.0729. The van der Waals surface area contributed by atoms with Gasteiger partial charge in [0.2, 0.25) is 0 Å². The fourth-order valence-corrected chi connectivity index (χ4v) is 1.17. The fourth-order valence-electron chi connectivity index (χ4n) is 1.17. The molecule has 0 N–H and O–H groups in total. The molecule has 2 heteroatoms. The van der Waals surface area contributed by atoms with Crippen molar-refractivity contribution in [3.63, 3.8) is 0 Å². The van der Waals surface area contributed by atoms with Crippen molar-refractivity contribution in [3.05, 3.63) is 42.5 Å². The predicted molar refractivity (Wildman–Crippen MR) is 51.2 cm³/mol. The van der Waals surface area contributed by atoms with E-state index in [0.717, 1.165) is 10.8 Å². The third-order valence-electron chi connectivity index (χ3n) is 1.72. The molecule has 0 atom stereocenters. The minimum absolute atomic E-state index is 0. The zero-order valence-corrected chi connectivity index (χ0v) is 5.95. The van der Waals surface area contributed by atoms with Crippen LogP contribution in [0.25, 0.3) is 10.8 Å². The Balaban J connectivity index is 0.000000720. The van der Waals surface area contributed by atoms with Crippen molar-refractivity contribution in [2.75, 3.05) is 0 Å². The Bertz CT molecular complexity index is 384. The van der Waals surface area contributed by atoms with E-state index in [4.69, 9.17) is 0 Å². The van der Waals surface area contributed by atoms with Gasteiger partial charge in [0.25, 0.3) is 0 Å². The molecule has 55 valence electrons. The van der Waals surface area contributed by atoms with Crippen molar-refractivity contribution in [1.82, 2.24) is 0 Å². The van der Waals surface area contributed by atoms with Crippen molar-refractivity contribution in [2.24, 2.45) is 0 Å². The molecule has 2 rings (SSSR count). The van der Waals surface area contributed by atoms with E-state index in [2.05, 4.69) is 0 Å². The zero-order valence-electron chi connectivity index (χ0n) is 5.95. The van der Waals surface area contributed by atoms with Gasteiger partial charge in [-0.1, -0.05) is 30.3 Å². The summed E-state index contributed by atoms with van der Waals surface area (Å²) in [5, 5.41) is 13.0. The summed E-state index contributed by atoms with van der Waals surface area (Å²) in [4.78, 5) is 0. The number of rotatable bonds is 0. The monoisotopic (exact) mass is 183 g/mol. The van der Waals surface area contributed by atoms with Crippen LogP contribution in [0.2, 0.25) is 0 Å². The average Bonchev–Trinajstić information content (AvgIpc) is 2.04. The minimum atomic E-state index is 0. The van der Waals surface area contributed by atoms with Crippen molar-refractivity contribution in [2.45, 2.75) is 0 Å². The Morgan fingerprint density at radius 2 is 1.50 bits per heavy atom. The van der Waals surface area contributed by atoms with Crippen LogP contribution in [0.1, 0.15) is 0 Å². The van der Waals surface area contributed by atoms with E-state index in [1.54, 1.807) is 12.1 Å². The summed E-state index contributed by atoms with van der Waals surface area (Å²) in [5.41, 5.74) is 0. The van der Waals surface area contributed by atoms with E-state index < -0.39 is 0 Å². The molecule has 0 fully saturated rings. The molecule has 0 heterocycles. The number of hydrogen-bond donors (Lipinski definition) is 0. The molecule has 0 saturated heterocycles. The van der Waals surface area contributed by atoms with Crippen molar-refractivity contribution in [3.8, 4) is 5.75 Å². The molecule has 0 aliphatic rings. The van der Waals surface area contributed by atoms with Gasteiger partial charge in [-0.05, 0) is 22.9 Å². The summed E-state index contributed by atoms with van der Waals surface area (Å²) in [6.45, 7) is 0. The topological polar surface area (TPSA) is 19.9 Å². The van der Waals surface area contributed by atoms with Gasteiger partial charge in [-0.25, -0.2) is 0 Å². The maximum absolute atomic E-state index is 10.9. The van der Waals surface area contributed by atoms with E-state index >= 15 is 0 Å². The Kier molecular flexibility index (Phi) is 3.74. The largest absolute Gasteiger partial charge is 0.290 e. The van der Waals surface area contributed by atoms with Crippen LogP contribution in [0.3, 0.4) is 0 Å². The van der Waals surface area contributed by atoms with Gasteiger partial charge in [0.15, 0.2) is 5.75 Å². The molecule has 0 aliphatic heterocycles. The maximum Gasteiger partial charge on any atom is 0.179 e. The molecule has 0 amide bonds. The van der Waals surface area contributed by atoms with Gasteiger partial charge in [-0.2, -0.15) is 0 Å². The Morgan fingerprint density at radius 1 is 0.833 bits per heavy atom. The predicted octanol–water partition coefficient (Wildman–Crippen LogP) is 2.34.